The molecule has 134 valence electrons. The van der Waals surface area contributed by atoms with Gasteiger partial charge >= 0.3 is 0 Å². The van der Waals surface area contributed by atoms with E-state index in [4.69, 9.17) is 4.74 Å². The molecule has 0 bridgehead atoms. The fraction of sp³-hybridized carbons (Fsp3) is 0.550. The van der Waals surface area contributed by atoms with Crippen LogP contribution in [0.15, 0.2) is 36.5 Å². The van der Waals surface area contributed by atoms with Crippen molar-refractivity contribution in [3.63, 3.8) is 0 Å². The van der Waals surface area contributed by atoms with Crippen molar-refractivity contribution in [2.45, 2.75) is 31.8 Å². The van der Waals surface area contributed by atoms with Gasteiger partial charge < -0.3 is 14.2 Å². The average Bonchev–Trinajstić information content (AvgIpc) is 3.06. The Balaban J connectivity index is 1.45. The Bertz CT molecular complexity index is 721. The number of fused-ring (bicyclic) bond motifs is 1. The topological polar surface area (TPSA) is 37.7 Å². The zero-order valence-corrected chi connectivity index (χ0v) is 14.8. The number of piperidine rings is 1. The largest absolute Gasteiger partial charge is 0.379 e. The molecule has 0 saturated carbocycles. The number of amides is 1. The van der Waals surface area contributed by atoms with Gasteiger partial charge in [-0.3, -0.25) is 9.69 Å². The molecule has 1 aromatic heterocycles. The molecular formula is C20H27N3O2. The molecule has 2 fully saturated rings. The van der Waals surface area contributed by atoms with Crippen LogP contribution in [0.3, 0.4) is 0 Å². The van der Waals surface area contributed by atoms with E-state index in [1.807, 2.05) is 18.3 Å². The van der Waals surface area contributed by atoms with Gasteiger partial charge in [0.05, 0.1) is 13.2 Å². The highest BCUT2D eigenvalue weighted by atomic mass is 16.5. The monoisotopic (exact) mass is 341 g/mol. The molecule has 5 nitrogen and oxygen atoms in total. The van der Waals surface area contributed by atoms with Gasteiger partial charge in [0.1, 0.15) is 6.54 Å². The second-order valence-electron chi connectivity index (χ2n) is 7.15. The van der Waals surface area contributed by atoms with Crippen molar-refractivity contribution in [2.75, 3.05) is 39.4 Å². The smallest absolute Gasteiger partial charge is 0.242 e. The molecule has 0 N–H and O–H groups in total. The van der Waals surface area contributed by atoms with Crippen molar-refractivity contribution < 1.29 is 9.53 Å². The van der Waals surface area contributed by atoms with E-state index >= 15 is 0 Å². The first-order chi connectivity index (χ1) is 12.3. The number of hydrogen-bond acceptors (Lipinski definition) is 3. The lowest BCUT2D eigenvalue weighted by Gasteiger charge is -2.39. The van der Waals surface area contributed by atoms with Gasteiger partial charge in [0, 0.05) is 43.9 Å². The summed E-state index contributed by atoms with van der Waals surface area (Å²) in [5.41, 5.74) is 1.14. The SMILES string of the molecule is O=C(Cn1ccc2ccccc21)N1CCCC[C@@H]1CN1CCOCC1. The molecule has 1 aromatic carbocycles. The van der Waals surface area contributed by atoms with Crippen LogP contribution in [-0.4, -0.2) is 65.7 Å². The third-order valence-electron chi connectivity index (χ3n) is 5.51. The highest BCUT2D eigenvalue weighted by Gasteiger charge is 2.28. The molecule has 2 aliphatic rings. The zero-order valence-electron chi connectivity index (χ0n) is 14.8. The second-order valence-corrected chi connectivity index (χ2v) is 7.15. The van der Waals surface area contributed by atoms with Gasteiger partial charge in [-0.05, 0) is 36.8 Å². The maximum absolute atomic E-state index is 13.0. The minimum atomic E-state index is 0.249. The molecule has 0 spiro atoms. The van der Waals surface area contributed by atoms with E-state index in [0.29, 0.717) is 12.6 Å². The lowest BCUT2D eigenvalue weighted by atomic mass is 10.0. The van der Waals surface area contributed by atoms with Gasteiger partial charge in [-0.1, -0.05) is 18.2 Å². The van der Waals surface area contributed by atoms with Crippen LogP contribution in [0.25, 0.3) is 10.9 Å². The molecule has 2 aromatic rings. The van der Waals surface area contributed by atoms with E-state index in [1.165, 1.54) is 11.8 Å². The molecule has 3 heterocycles. The summed E-state index contributed by atoms with van der Waals surface area (Å²) < 4.78 is 7.53. The number of nitrogens with zero attached hydrogens (tertiary/aromatic N) is 3. The van der Waals surface area contributed by atoms with Crippen LogP contribution >= 0.6 is 0 Å². The molecule has 0 aliphatic carbocycles. The Morgan fingerprint density at radius 3 is 2.80 bits per heavy atom. The Hall–Kier alpha value is -1.85. The average molecular weight is 341 g/mol. The molecule has 0 unspecified atom stereocenters. The minimum Gasteiger partial charge on any atom is -0.379 e. The number of aromatic nitrogens is 1. The van der Waals surface area contributed by atoms with Crippen LogP contribution < -0.4 is 0 Å². The first-order valence-electron chi connectivity index (χ1n) is 9.45. The fourth-order valence-corrected chi connectivity index (χ4v) is 4.12. The molecule has 2 aliphatic heterocycles. The standard InChI is InChI=1S/C20H27N3O2/c24-20(16-22-10-8-17-5-1-2-7-19(17)22)23-9-4-3-6-18(23)15-21-11-13-25-14-12-21/h1-2,5,7-8,10,18H,3-4,6,9,11-16H2/t18-/m1/s1. The minimum absolute atomic E-state index is 0.249. The molecule has 25 heavy (non-hydrogen) atoms. The molecule has 4 rings (SSSR count). The van der Waals surface area contributed by atoms with E-state index < -0.39 is 0 Å². The summed E-state index contributed by atoms with van der Waals surface area (Å²) in [6.45, 7) is 5.93. The van der Waals surface area contributed by atoms with Gasteiger partial charge in [-0.2, -0.15) is 0 Å². The second kappa shape index (κ2) is 7.58. The highest BCUT2D eigenvalue weighted by Crippen LogP contribution is 2.21. The number of benzene rings is 1. The summed E-state index contributed by atoms with van der Waals surface area (Å²) >= 11 is 0. The predicted octanol–water partition coefficient (Wildman–Crippen LogP) is 2.35. The maximum atomic E-state index is 13.0. The van der Waals surface area contributed by atoms with E-state index in [-0.39, 0.29) is 5.91 Å². The first-order valence-corrected chi connectivity index (χ1v) is 9.45. The van der Waals surface area contributed by atoms with Gasteiger partial charge in [0.15, 0.2) is 0 Å². The third-order valence-corrected chi connectivity index (χ3v) is 5.51. The van der Waals surface area contributed by atoms with E-state index in [0.717, 1.165) is 57.8 Å². The Labute approximate surface area is 149 Å². The lowest BCUT2D eigenvalue weighted by molar-refractivity contribution is -0.136. The summed E-state index contributed by atoms with van der Waals surface area (Å²) in [6, 6.07) is 10.7. The number of carbonyl (C=O) groups is 1. The molecule has 1 amide bonds. The van der Waals surface area contributed by atoms with Crippen LogP contribution in [0.1, 0.15) is 19.3 Å². The van der Waals surface area contributed by atoms with E-state index in [9.17, 15) is 4.79 Å². The molecule has 5 heteroatoms. The summed E-state index contributed by atoms with van der Waals surface area (Å²) in [7, 11) is 0. The Morgan fingerprint density at radius 2 is 1.92 bits per heavy atom. The first kappa shape index (κ1) is 16.6. The highest BCUT2D eigenvalue weighted by molar-refractivity contribution is 5.83. The third kappa shape index (κ3) is 3.72. The summed E-state index contributed by atoms with van der Waals surface area (Å²) in [5.74, 6) is 0.249. The normalized spacial score (nSPS) is 22.4. The van der Waals surface area contributed by atoms with Crippen molar-refractivity contribution in [3.05, 3.63) is 36.5 Å². The zero-order chi connectivity index (χ0) is 17.1. The molecule has 1 atom stereocenters. The number of carbonyl (C=O) groups excluding carboxylic acids is 1. The quantitative estimate of drug-likeness (QED) is 0.857. The Morgan fingerprint density at radius 1 is 1.08 bits per heavy atom. The van der Waals surface area contributed by atoms with Crippen molar-refractivity contribution in [1.29, 1.82) is 0 Å². The van der Waals surface area contributed by atoms with Crippen LogP contribution in [0, 0.1) is 0 Å². The van der Waals surface area contributed by atoms with Gasteiger partial charge in [0.2, 0.25) is 5.91 Å². The lowest BCUT2D eigenvalue weighted by Crippen LogP contribution is -2.52. The summed E-state index contributed by atoms with van der Waals surface area (Å²) in [4.78, 5) is 17.6. The van der Waals surface area contributed by atoms with Crippen molar-refractivity contribution in [1.82, 2.24) is 14.4 Å². The van der Waals surface area contributed by atoms with Crippen LogP contribution in [0.5, 0.6) is 0 Å². The maximum Gasteiger partial charge on any atom is 0.242 e. The molecule has 2 saturated heterocycles. The van der Waals surface area contributed by atoms with Gasteiger partial charge in [-0.15, -0.1) is 0 Å². The fourth-order valence-electron chi connectivity index (χ4n) is 4.12. The number of likely N-dealkylation sites (tertiary alicyclic amines) is 1. The summed E-state index contributed by atoms with van der Waals surface area (Å²) in [6.07, 6.45) is 5.50. The summed E-state index contributed by atoms with van der Waals surface area (Å²) in [5, 5.41) is 1.19. The van der Waals surface area contributed by atoms with Crippen LogP contribution in [-0.2, 0) is 16.1 Å². The van der Waals surface area contributed by atoms with Gasteiger partial charge in [-0.25, -0.2) is 0 Å². The van der Waals surface area contributed by atoms with Crippen molar-refractivity contribution in [2.24, 2.45) is 0 Å². The van der Waals surface area contributed by atoms with Gasteiger partial charge in [0.25, 0.3) is 0 Å². The number of morpholine rings is 1. The molecule has 0 radical (unpaired) electrons. The van der Waals surface area contributed by atoms with Crippen molar-refractivity contribution in [3.8, 4) is 0 Å². The Kier molecular flexibility index (Phi) is 5.04. The van der Waals surface area contributed by atoms with E-state index in [1.54, 1.807) is 0 Å². The predicted molar refractivity (Wildman–Crippen MR) is 98.5 cm³/mol. The van der Waals surface area contributed by atoms with Crippen LogP contribution in [0.2, 0.25) is 0 Å². The number of para-hydroxylation sites is 1. The number of ether oxygens (including phenoxy) is 1. The van der Waals surface area contributed by atoms with Crippen molar-refractivity contribution >= 4 is 16.8 Å². The van der Waals surface area contributed by atoms with Crippen LogP contribution in [0.4, 0.5) is 0 Å². The molecular weight excluding hydrogens is 314 g/mol. The van der Waals surface area contributed by atoms with E-state index in [2.05, 4.69) is 32.6 Å². The number of hydrogen-bond donors (Lipinski definition) is 0. The number of rotatable bonds is 4.